The number of nitrogens with zero attached hydrogens (tertiary/aromatic N) is 1. The number of aliphatic carboxylic acids is 1. The predicted molar refractivity (Wildman–Crippen MR) is 77.2 cm³/mol. The summed E-state index contributed by atoms with van der Waals surface area (Å²) in [6.45, 7) is 5.42. The summed E-state index contributed by atoms with van der Waals surface area (Å²) in [4.78, 5) is 13.6. The summed E-state index contributed by atoms with van der Waals surface area (Å²) in [7, 11) is 0. The smallest absolute Gasteiger partial charge is 0.325 e. The van der Waals surface area contributed by atoms with Crippen molar-refractivity contribution in [2.45, 2.75) is 19.9 Å². The Hall–Kier alpha value is -1.87. The molecule has 0 radical (unpaired) electrons. The molecule has 0 aliphatic carbocycles. The lowest BCUT2D eigenvalue weighted by molar-refractivity contribution is -0.143. The van der Waals surface area contributed by atoms with E-state index in [1.165, 1.54) is 0 Å². The normalized spacial score (nSPS) is 12.8. The quantitative estimate of drug-likeness (QED) is 0.893. The van der Waals surface area contributed by atoms with Gasteiger partial charge in [-0.05, 0) is 29.4 Å². The molecular formula is C16H19NO2. The van der Waals surface area contributed by atoms with E-state index >= 15 is 0 Å². The molecule has 0 bridgehead atoms. The van der Waals surface area contributed by atoms with Crippen LogP contribution in [0, 0.1) is 0 Å². The van der Waals surface area contributed by atoms with Crippen LogP contribution in [0.25, 0.3) is 10.8 Å². The van der Waals surface area contributed by atoms with E-state index in [1.807, 2.05) is 61.2 Å². The molecule has 0 aliphatic heterocycles. The minimum absolute atomic E-state index is 0.582. The van der Waals surface area contributed by atoms with E-state index in [0.717, 1.165) is 29.4 Å². The maximum absolute atomic E-state index is 11.7. The van der Waals surface area contributed by atoms with Gasteiger partial charge in [0.25, 0.3) is 0 Å². The largest absolute Gasteiger partial charge is 0.480 e. The van der Waals surface area contributed by atoms with Gasteiger partial charge in [0.15, 0.2) is 0 Å². The standard InChI is InChI=1S/C16H19NO2/c1-3-17(4-2)15(16(18)19)14-11-7-9-12-8-5-6-10-13(12)14/h5-11,15H,3-4H2,1-2H3,(H,18,19). The molecule has 19 heavy (non-hydrogen) atoms. The highest BCUT2D eigenvalue weighted by molar-refractivity contribution is 5.90. The third-order valence-electron chi connectivity index (χ3n) is 3.53. The van der Waals surface area contributed by atoms with E-state index < -0.39 is 12.0 Å². The van der Waals surface area contributed by atoms with Gasteiger partial charge in [-0.3, -0.25) is 9.69 Å². The molecule has 0 spiro atoms. The van der Waals surface area contributed by atoms with Gasteiger partial charge in [-0.1, -0.05) is 56.3 Å². The van der Waals surface area contributed by atoms with Crippen LogP contribution in [-0.2, 0) is 4.79 Å². The third-order valence-corrected chi connectivity index (χ3v) is 3.53. The van der Waals surface area contributed by atoms with E-state index in [0.29, 0.717) is 0 Å². The maximum Gasteiger partial charge on any atom is 0.325 e. The Morgan fingerprint density at radius 3 is 2.37 bits per heavy atom. The molecule has 0 amide bonds. The second-order valence-electron chi connectivity index (χ2n) is 4.53. The van der Waals surface area contributed by atoms with Gasteiger partial charge in [0.2, 0.25) is 0 Å². The fourth-order valence-electron chi connectivity index (χ4n) is 2.56. The Morgan fingerprint density at radius 1 is 1.11 bits per heavy atom. The molecule has 3 nitrogen and oxygen atoms in total. The Labute approximate surface area is 113 Å². The monoisotopic (exact) mass is 257 g/mol. The van der Waals surface area contributed by atoms with Crippen molar-refractivity contribution in [3.05, 3.63) is 48.0 Å². The lowest BCUT2D eigenvalue weighted by Gasteiger charge is -2.27. The molecule has 0 aromatic heterocycles. The van der Waals surface area contributed by atoms with Crippen molar-refractivity contribution in [2.24, 2.45) is 0 Å². The van der Waals surface area contributed by atoms with Gasteiger partial charge in [-0.2, -0.15) is 0 Å². The van der Waals surface area contributed by atoms with Crippen molar-refractivity contribution >= 4 is 16.7 Å². The summed E-state index contributed by atoms with van der Waals surface area (Å²) in [6.07, 6.45) is 0. The fourth-order valence-corrected chi connectivity index (χ4v) is 2.56. The van der Waals surface area contributed by atoms with E-state index in [-0.39, 0.29) is 0 Å². The molecule has 2 aromatic rings. The molecule has 0 saturated heterocycles. The number of carboxylic acid groups (broad SMARTS) is 1. The number of likely N-dealkylation sites (N-methyl/N-ethyl adjacent to an activating group) is 1. The summed E-state index contributed by atoms with van der Waals surface area (Å²) >= 11 is 0. The Morgan fingerprint density at radius 2 is 1.74 bits per heavy atom. The zero-order chi connectivity index (χ0) is 13.8. The van der Waals surface area contributed by atoms with Crippen molar-refractivity contribution < 1.29 is 9.90 Å². The highest BCUT2D eigenvalue weighted by Crippen LogP contribution is 2.28. The van der Waals surface area contributed by atoms with Crippen molar-refractivity contribution in [3.8, 4) is 0 Å². The minimum atomic E-state index is -0.792. The van der Waals surface area contributed by atoms with E-state index in [1.54, 1.807) is 0 Å². The van der Waals surface area contributed by atoms with Crippen LogP contribution in [-0.4, -0.2) is 29.1 Å². The van der Waals surface area contributed by atoms with Gasteiger partial charge < -0.3 is 5.11 Å². The lowest BCUT2D eigenvalue weighted by Crippen LogP contribution is -2.34. The highest BCUT2D eigenvalue weighted by Gasteiger charge is 2.26. The number of hydrogen-bond acceptors (Lipinski definition) is 2. The van der Waals surface area contributed by atoms with Crippen molar-refractivity contribution in [1.29, 1.82) is 0 Å². The number of hydrogen-bond donors (Lipinski definition) is 1. The van der Waals surface area contributed by atoms with Crippen LogP contribution in [0.5, 0.6) is 0 Å². The second kappa shape index (κ2) is 5.85. The number of fused-ring (bicyclic) bond motifs is 1. The fraction of sp³-hybridized carbons (Fsp3) is 0.312. The molecule has 0 fully saturated rings. The molecular weight excluding hydrogens is 238 g/mol. The van der Waals surface area contributed by atoms with E-state index in [4.69, 9.17) is 0 Å². The van der Waals surface area contributed by atoms with Crippen molar-refractivity contribution in [1.82, 2.24) is 4.90 Å². The number of carbonyl (C=O) groups is 1. The Bertz CT molecular complexity index is 570. The van der Waals surface area contributed by atoms with Crippen molar-refractivity contribution in [3.63, 3.8) is 0 Å². The summed E-state index contributed by atoms with van der Waals surface area (Å²) < 4.78 is 0. The zero-order valence-electron chi connectivity index (χ0n) is 11.3. The van der Waals surface area contributed by atoms with Crippen LogP contribution in [0.3, 0.4) is 0 Å². The molecule has 1 atom stereocenters. The molecule has 0 heterocycles. The van der Waals surface area contributed by atoms with Crippen molar-refractivity contribution in [2.75, 3.05) is 13.1 Å². The second-order valence-corrected chi connectivity index (χ2v) is 4.53. The SMILES string of the molecule is CCN(CC)C(C(=O)O)c1cccc2ccccc12. The molecule has 0 saturated carbocycles. The van der Waals surface area contributed by atoms with Crippen LogP contribution in [0.15, 0.2) is 42.5 Å². The van der Waals surface area contributed by atoms with Crippen LogP contribution in [0.2, 0.25) is 0 Å². The van der Waals surface area contributed by atoms with Crippen LogP contribution in [0.1, 0.15) is 25.5 Å². The number of benzene rings is 2. The highest BCUT2D eigenvalue weighted by atomic mass is 16.4. The van der Waals surface area contributed by atoms with E-state index in [2.05, 4.69) is 0 Å². The summed E-state index contributed by atoms with van der Waals surface area (Å²) in [5, 5.41) is 11.7. The number of carboxylic acids is 1. The minimum Gasteiger partial charge on any atom is -0.480 e. The predicted octanol–water partition coefficient (Wildman–Crippen LogP) is 3.31. The molecule has 3 heteroatoms. The van der Waals surface area contributed by atoms with Gasteiger partial charge >= 0.3 is 5.97 Å². The first kappa shape index (κ1) is 13.6. The molecule has 2 aromatic carbocycles. The molecule has 2 rings (SSSR count). The first-order valence-electron chi connectivity index (χ1n) is 6.63. The Kier molecular flexibility index (Phi) is 4.17. The molecule has 1 unspecified atom stereocenters. The third kappa shape index (κ3) is 2.61. The molecule has 1 N–H and O–H groups in total. The van der Waals surface area contributed by atoms with Crippen LogP contribution < -0.4 is 0 Å². The average molecular weight is 257 g/mol. The first-order chi connectivity index (χ1) is 9.19. The molecule has 100 valence electrons. The summed E-state index contributed by atoms with van der Waals surface area (Å²) in [5.41, 5.74) is 0.870. The number of rotatable bonds is 5. The topological polar surface area (TPSA) is 40.5 Å². The van der Waals surface area contributed by atoms with Gasteiger partial charge in [0, 0.05) is 0 Å². The Balaban J connectivity index is 2.59. The lowest BCUT2D eigenvalue weighted by atomic mass is 9.97. The van der Waals surface area contributed by atoms with Gasteiger partial charge in [0.1, 0.15) is 6.04 Å². The first-order valence-corrected chi connectivity index (χ1v) is 6.63. The van der Waals surface area contributed by atoms with Gasteiger partial charge in [0.05, 0.1) is 0 Å². The zero-order valence-corrected chi connectivity index (χ0v) is 11.3. The molecule has 0 aliphatic rings. The van der Waals surface area contributed by atoms with E-state index in [9.17, 15) is 9.90 Å². The summed E-state index contributed by atoms with van der Waals surface area (Å²) in [5.74, 6) is -0.792. The van der Waals surface area contributed by atoms with Gasteiger partial charge in [-0.15, -0.1) is 0 Å². The average Bonchev–Trinajstić information content (AvgIpc) is 2.44. The van der Waals surface area contributed by atoms with Crippen LogP contribution >= 0.6 is 0 Å². The van der Waals surface area contributed by atoms with Gasteiger partial charge in [-0.25, -0.2) is 0 Å². The summed E-state index contributed by atoms with van der Waals surface area (Å²) in [6, 6.07) is 13.2. The maximum atomic E-state index is 11.7. The van der Waals surface area contributed by atoms with Crippen LogP contribution in [0.4, 0.5) is 0 Å².